The summed E-state index contributed by atoms with van der Waals surface area (Å²) in [5.41, 5.74) is 0.929. The van der Waals surface area contributed by atoms with Gasteiger partial charge in [0.05, 0.1) is 11.5 Å². The van der Waals surface area contributed by atoms with Crippen molar-refractivity contribution in [3.8, 4) is 11.5 Å². The maximum Gasteiger partial charge on any atom is 0.257 e. The molecule has 0 atom stereocenters. The fourth-order valence-corrected chi connectivity index (χ4v) is 2.75. The summed E-state index contributed by atoms with van der Waals surface area (Å²) in [5, 5.41) is 15.7. The minimum Gasteiger partial charge on any atom is -0.334 e. The molecule has 0 saturated carbocycles. The third-order valence-corrected chi connectivity index (χ3v) is 3.92. The van der Waals surface area contributed by atoms with Crippen LogP contribution in [0, 0.1) is 0 Å². The van der Waals surface area contributed by atoms with Crippen molar-refractivity contribution in [3.63, 3.8) is 0 Å². The van der Waals surface area contributed by atoms with E-state index >= 15 is 0 Å². The smallest absolute Gasteiger partial charge is 0.257 e. The lowest BCUT2D eigenvalue weighted by Gasteiger charge is -2.01. The lowest BCUT2D eigenvalue weighted by Crippen LogP contribution is -2.04. The summed E-state index contributed by atoms with van der Waals surface area (Å²) in [6.07, 6.45) is 1.01. The lowest BCUT2D eigenvalue weighted by atomic mass is 10.2. The number of tetrazole rings is 1. The van der Waals surface area contributed by atoms with Crippen molar-refractivity contribution < 1.29 is 4.52 Å². The number of nitrogens with zero attached hydrogens (tertiary/aromatic N) is 6. The molecule has 2 aromatic heterocycles. The van der Waals surface area contributed by atoms with Crippen molar-refractivity contribution in [2.45, 2.75) is 31.4 Å². The topological polar surface area (TPSA) is 82.5 Å². The van der Waals surface area contributed by atoms with Crippen LogP contribution in [0.3, 0.4) is 0 Å². The Labute approximate surface area is 132 Å². The molecule has 2 heterocycles. The number of hydrogen-bond acceptors (Lipinski definition) is 7. The fourth-order valence-electron chi connectivity index (χ4n) is 1.96. The average molecular weight is 316 g/mol. The Bertz CT molecular complexity index is 711. The quantitative estimate of drug-likeness (QED) is 0.662. The van der Waals surface area contributed by atoms with Gasteiger partial charge in [0.1, 0.15) is 0 Å². The largest absolute Gasteiger partial charge is 0.334 e. The second kappa shape index (κ2) is 7.17. The number of aromatic nitrogens is 6. The Balaban J connectivity index is 1.56. The molecule has 8 heteroatoms. The van der Waals surface area contributed by atoms with E-state index in [1.807, 2.05) is 35.0 Å². The highest BCUT2D eigenvalue weighted by atomic mass is 32.2. The van der Waals surface area contributed by atoms with Crippen LogP contribution in [0.5, 0.6) is 0 Å². The first-order valence-corrected chi connectivity index (χ1v) is 8.23. The fraction of sp³-hybridized carbons (Fsp3) is 0.357. The zero-order chi connectivity index (χ0) is 15.2. The zero-order valence-electron chi connectivity index (χ0n) is 12.2. The molecule has 0 saturated heterocycles. The Kier molecular flexibility index (Phi) is 4.79. The van der Waals surface area contributed by atoms with Crippen LogP contribution in [0.4, 0.5) is 0 Å². The molecule has 0 N–H and O–H groups in total. The number of rotatable bonds is 7. The summed E-state index contributed by atoms with van der Waals surface area (Å²) in [6, 6.07) is 9.74. The maximum absolute atomic E-state index is 5.28. The van der Waals surface area contributed by atoms with Gasteiger partial charge in [-0.25, -0.2) is 4.68 Å². The van der Waals surface area contributed by atoms with Crippen molar-refractivity contribution in [1.29, 1.82) is 0 Å². The zero-order valence-corrected chi connectivity index (χ0v) is 13.0. The van der Waals surface area contributed by atoms with Gasteiger partial charge >= 0.3 is 0 Å². The van der Waals surface area contributed by atoms with Crippen LogP contribution in [0.15, 0.2) is 34.9 Å². The second-order valence-electron chi connectivity index (χ2n) is 4.69. The second-order valence-corrected chi connectivity index (χ2v) is 5.68. The molecular weight excluding hydrogens is 300 g/mol. The molecule has 3 rings (SSSR count). The Morgan fingerprint density at radius 2 is 2.05 bits per heavy atom. The van der Waals surface area contributed by atoms with E-state index in [2.05, 4.69) is 32.6 Å². The van der Waals surface area contributed by atoms with Gasteiger partial charge in [0.2, 0.25) is 0 Å². The van der Waals surface area contributed by atoms with Gasteiger partial charge in [0.15, 0.2) is 11.6 Å². The van der Waals surface area contributed by atoms with Crippen LogP contribution in [0.1, 0.15) is 25.0 Å². The van der Waals surface area contributed by atoms with Gasteiger partial charge in [-0.3, -0.25) is 0 Å². The van der Waals surface area contributed by atoms with Crippen LogP contribution >= 0.6 is 11.8 Å². The molecule has 0 spiro atoms. The van der Waals surface area contributed by atoms with Crippen molar-refractivity contribution >= 4 is 11.8 Å². The SMILES string of the molecule is CCCn1nnnc1CSCc1noc(-c2ccccc2)n1. The van der Waals surface area contributed by atoms with Gasteiger partial charge in [0, 0.05) is 12.1 Å². The Morgan fingerprint density at radius 1 is 1.18 bits per heavy atom. The lowest BCUT2D eigenvalue weighted by molar-refractivity contribution is 0.425. The molecule has 0 bridgehead atoms. The van der Waals surface area contributed by atoms with E-state index in [-0.39, 0.29) is 0 Å². The molecule has 3 aromatic rings. The summed E-state index contributed by atoms with van der Waals surface area (Å²) in [7, 11) is 0. The third-order valence-electron chi connectivity index (χ3n) is 2.99. The predicted molar refractivity (Wildman–Crippen MR) is 82.8 cm³/mol. The van der Waals surface area contributed by atoms with Gasteiger partial charge in [-0.1, -0.05) is 30.3 Å². The maximum atomic E-state index is 5.28. The van der Waals surface area contributed by atoms with Crippen LogP contribution in [0.2, 0.25) is 0 Å². The Hall–Kier alpha value is -2.22. The van der Waals surface area contributed by atoms with E-state index in [4.69, 9.17) is 4.52 Å². The minimum atomic E-state index is 0.548. The monoisotopic (exact) mass is 316 g/mol. The molecule has 114 valence electrons. The predicted octanol–water partition coefficient (Wildman–Crippen LogP) is 2.57. The van der Waals surface area contributed by atoms with Crippen LogP contribution in [-0.4, -0.2) is 30.3 Å². The van der Waals surface area contributed by atoms with E-state index in [1.54, 1.807) is 11.8 Å². The van der Waals surface area contributed by atoms with E-state index in [1.165, 1.54) is 0 Å². The van der Waals surface area contributed by atoms with E-state index < -0.39 is 0 Å². The summed E-state index contributed by atoms with van der Waals surface area (Å²) in [5.74, 6) is 3.49. The van der Waals surface area contributed by atoms with Gasteiger partial charge in [-0.05, 0) is 29.0 Å². The van der Waals surface area contributed by atoms with E-state index in [0.29, 0.717) is 17.5 Å². The van der Waals surface area contributed by atoms with Gasteiger partial charge in [-0.15, -0.1) is 16.9 Å². The van der Waals surface area contributed by atoms with Crippen LogP contribution in [-0.2, 0) is 18.1 Å². The van der Waals surface area contributed by atoms with Crippen LogP contribution in [0.25, 0.3) is 11.5 Å². The Morgan fingerprint density at radius 3 is 2.86 bits per heavy atom. The van der Waals surface area contributed by atoms with Crippen molar-refractivity contribution in [2.24, 2.45) is 0 Å². The molecule has 0 aliphatic heterocycles. The minimum absolute atomic E-state index is 0.548. The standard InChI is InChI=1S/C14H16N6OS/c1-2-8-20-13(16-18-19-20)10-22-9-12-15-14(21-17-12)11-6-4-3-5-7-11/h3-7H,2,8-10H2,1H3. The van der Waals surface area contributed by atoms with Crippen molar-refractivity contribution in [1.82, 2.24) is 30.3 Å². The van der Waals surface area contributed by atoms with Gasteiger partial charge < -0.3 is 4.52 Å². The number of thioether (sulfide) groups is 1. The highest BCUT2D eigenvalue weighted by Gasteiger charge is 2.10. The molecule has 0 radical (unpaired) electrons. The normalized spacial score (nSPS) is 11.0. The van der Waals surface area contributed by atoms with E-state index in [0.717, 1.165) is 30.1 Å². The van der Waals surface area contributed by atoms with Crippen molar-refractivity contribution in [2.75, 3.05) is 0 Å². The number of hydrogen-bond donors (Lipinski definition) is 0. The summed E-state index contributed by atoms with van der Waals surface area (Å²) >= 11 is 1.66. The molecule has 0 amide bonds. The molecular formula is C14H16N6OS. The van der Waals surface area contributed by atoms with Gasteiger partial charge in [0.25, 0.3) is 5.89 Å². The molecule has 0 fully saturated rings. The first-order chi connectivity index (χ1) is 10.9. The highest BCUT2D eigenvalue weighted by molar-refractivity contribution is 7.97. The first kappa shape index (κ1) is 14.7. The molecule has 7 nitrogen and oxygen atoms in total. The summed E-state index contributed by atoms with van der Waals surface area (Å²) < 4.78 is 7.11. The summed E-state index contributed by atoms with van der Waals surface area (Å²) in [6.45, 7) is 2.94. The average Bonchev–Trinajstić information content (AvgIpc) is 3.19. The number of benzene rings is 1. The molecule has 0 unspecified atom stereocenters. The molecule has 22 heavy (non-hydrogen) atoms. The summed E-state index contributed by atoms with van der Waals surface area (Å²) in [4.78, 5) is 4.40. The molecule has 1 aromatic carbocycles. The third kappa shape index (κ3) is 3.51. The van der Waals surface area contributed by atoms with E-state index in [9.17, 15) is 0 Å². The number of aryl methyl sites for hydroxylation is 1. The van der Waals surface area contributed by atoms with Crippen LogP contribution < -0.4 is 0 Å². The highest BCUT2D eigenvalue weighted by Crippen LogP contribution is 2.19. The molecule has 0 aliphatic rings. The first-order valence-electron chi connectivity index (χ1n) is 7.07. The van der Waals surface area contributed by atoms with Gasteiger partial charge in [-0.2, -0.15) is 4.98 Å². The molecule has 0 aliphatic carbocycles. The van der Waals surface area contributed by atoms with Crippen molar-refractivity contribution in [3.05, 3.63) is 42.0 Å².